The number of carbonyl (C=O) groups is 1. The van der Waals surface area contributed by atoms with E-state index in [1.54, 1.807) is 38.1 Å². The maximum Gasteiger partial charge on any atom is 0.230 e. The molecule has 0 fully saturated rings. The van der Waals surface area contributed by atoms with E-state index < -0.39 is 0 Å². The number of ether oxygens (including phenoxy) is 2. The Morgan fingerprint density at radius 3 is 2.50 bits per heavy atom. The summed E-state index contributed by atoms with van der Waals surface area (Å²) < 4.78 is 11.3. The summed E-state index contributed by atoms with van der Waals surface area (Å²) in [6.07, 6.45) is 0.202. The van der Waals surface area contributed by atoms with E-state index in [0.29, 0.717) is 21.7 Å². The molecule has 1 aromatic heterocycles. The van der Waals surface area contributed by atoms with E-state index in [1.165, 1.54) is 11.3 Å². The van der Waals surface area contributed by atoms with Crippen LogP contribution in [0.15, 0.2) is 46.8 Å². The molecule has 146 valence electrons. The molecular weight excluding hydrogens is 418 g/mol. The topological polar surface area (TPSA) is 73.3 Å². The Balaban J connectivity index is 1.54. The summed E-state index contributed by atoms with van der Waals surface area (Å²) >= 11 is 8.80. The van der Waals surface area contributed by atoms with Crippen LogP contribution in [0.5, 0.6) is 11.5 Å². The monoisotopic (exact) mass is 435 g/mol. The lowest BCUT2D eigenvalue weighted by atomic mass is 10.1. The molecule has 1 N–H and O–H groups in total. The van der Waals surface area contributed by atoms with E-state index in [-0.39, 0.29) is 12.3 Å². The number of aromatic nitrogens is 2. The van der Waals surface area contributed by atoms with Gasteiger partial charge in [-0.15, -0.1) is 10.2 Å². The van der Waals surface area contributed by atoms with E-state index in [4.69, 9.17) is 21.1 Å². The molecule has 6 nitrogen and oxygen atoms in total. The van der Waals surface area contributed by atoms with Crippen molar-refractivity contribution in [2.45, 2.75) is 16.5 Å². The molecule has 0 unspecified atom stereocenters. The number of benzene rings is 2. The van der Waals surface area contributed by atoms with Gasteiger partial charge in [-0.2, -0.15) is 0 Å². The third-order valence-electron chi connectivity index (χ3n) is 3.74. The lowest BCUT2D eigenvalue weighted by molar-refractivity contribution is -0.115. The summed E-state index contributed by atoms with van der Waals surface area (Å²) in [7, 11) is 3.13. The first-order valence-electron chi connectivity index (χ1n) is 8.29. The molecule has 3 aromatic rings. The highest BCUT2D eigenvalue weighted by Gasteiger charge is 2.11. The van der Waals surface area contributed by atoms with Gasteiger partial charge in [0.05, 0.1) is 20.6 Å². The molecule has 0 saturated carbocycles. The van der Waals surface area contributed by atoms with Crippen molar-refractivity contribution < 1.29 is 14.3 Å². The van der Waals surface area contributed by atoms with Crippen LogP contribution in [0.2, 0.25) is 5.02 Å². The van der Waals surface area contributed by atoms with Crippen molar-refractivity contribution >= 4 is 45.7 Å². The molecular formula is C19H18ClN3O3S2. The average Bonchev–Trinajstić information content (AvgIpc) is 3.14. The van der Waals surface area contributed by atoms with Crippen LogP contribution in [-0.4, -0.2) is 30.3 Å². The Hall–Kier alpha value is -2.29. The van der Waals surface area contributed by atoms with Gasteiger partial charge >= 0.3 is 0 Å². The minimum absolute atomic E-state index is 0.169. The molecule has 0 bridgehead atoms. The van der Waals surface area contributed by atoms with Crippen molar-refractivity contribution in [3.63, 3.8) is 0 Å². The summed E-state index contributed by atoms with van der Waals surface area (Å²) in [5, 5.41) is 12.1. The molecule has 28 heavy (non-hydrogen) atoms. The van der Waals surface area contributed by atoms with E-state index in [9.17, 15) is 4.79 Å². The standard InChI is InChI=1S/C19H18ClN3O3S2/c1-25-15-8-5-13(9-16(15)26-2)10-17(24)21-18-22-23-19(28-18)27-11-12-3-6-14(20)7-4-12/h3-9H,10-11H2,1-2H3,(H,21,22,24). The maximum atomic E-state index is 12.3. The van der Waals surface area contributed by atoms with E-state index in [1.807, 2.05) is 30.3 Å². The third-order valence-corrected chi connectivity index (χ3v) is 6.04. The molecule has 3 rings (SSSR count). The fraction of sp³-hybridized carbons (Fsp3) is 0.211. The van der Waals surface area contributed by atoms with Gasteiger partial charge < -0.3 is 14.8 Å². The Morgan fingerprint density at radius 1 is 1.07 bits per heavy atom. The van der Waals surface area contributed by atoms with Crippen molar-refractivity contribution in [3.8, 4) is 11.5 Å². The van der Waals surface area contributed by atoms with Gasteiger partial charge in [-0.3, -0.25) is 4.79 Å². The van der Waals surface area contributed by atoms with Crippen LogP contribution in [0.3, 0.4) is 0 Å². The number of amides is 1. The largest absolute Gasteiger partial charge is 0.493 e. The Bertz CT molecular complexity index is 948. The average molecular weight is 436 g/mol. The molecule has 0 aliphatic heterocycles. The normalized spacial score (nSPS) is 10.5. The highest BCUT2D eigenvalue weighted by Crippen LogP contribution is 2.30. The fourth-order valence-corrected chi connectivity index (χ4v) is 4.23. The highest BCUT2D eigenvalue weighted by molar-refractivity contribution is 8.00. The molecule has 0 radical (unpaired) electrons. The smallest absolute Gasteiger partial charge is 0.230 e. The Morgan fingerprint density at radius 2 is 1.79 bits per heavy atom. The van der Waals surface area contributed by atoms with Gasteiger partial charge in [-0.1, -0.05) is 52.9 Å². The SMILES string of the molecule is COc1ccc(CC(=O)Nc2nnc(SCc3ccc(Cl)cc3)s2)cc1OC. The fourth-order valence-electron chi connectivity index (χ4n) is 2.38. The van der Waals surface area contributed by atoms with Gasteiger partial charge in [0, 0.05) is 10.8 Å². The lowest BCUT2D eigenvalue weighted by Gasteiger charge is -2.09. The molecule has 0 aliphatic carbocycles. The number of nitrogens with zero attached hydrogens (tertiary/aromatic N) is 2. The van der Waals surface area contributed by atoms with Gasteiger partial charge in [0.1, 0.15) is 0 Å². The van der Waals surface area contributed by atoms with Crippen LogP contribution >= 0.6 is 34.7 Å². The molecule has 2 aromatic carbocycles. The van der Waals surface area contributed by atoms with Crippen LogP contribution in [0, 0.1) is 0 Å². The van der Waals surface area contributed by atoms with E-state index >= 15 is 0 Å². The molecule has 1 heterocycles. The lowest BCUT2D eigenvalue weighted by Crippen LogP contribution is -2.14. The summed E-state index contributed by atoms with van der Waals surface area (Å²) in [5.41, 5.74) is 1.96. The Kier molecular flexibility index (Phi) is 7.13. The van der Waals surface area contributed by atoms with Gasteiger partial charge in [-0.25, -0.2) is 0 Å². The summed E-state index contributed by atoms with van der Waals surface area (Å²) in [6.45, 7) is 0. The van der Waals surface area contributed by atoms with Crippen molar-refractivity contribution in [1.82, 2.24) is 10.2 Å². The second kappa shape index (κ2) is 9.77. The molecule has 0 saturated heterocycles. The van der Waals surface area contributed by atoms with Gasteiger partial charge in [0.15, 0.2) is 15.8 Å². The summed E-state index contributed by atoms with van der Waals surface area (Å²) in [4.78, 5) is 12.3. The van der Waals surface area contributed by atoms with Gasteiger partial charge in [-0.05, 0) is 35.4 Å². The predicted molar refractivity (Wildman–Crippen MR) is 113 cm³/mol. The number of methoxy groups -OCH3 is 2. The summed E-state index contributed by atoms with van der Waals surface area (Å²) in [5.74, 6) is 1.80. The van der Waals surface area contributed by atoms with Crippen LogP contribution in [-0.2, 0) is 17.0 Å². The number of rotatable bonds is 8. The number of anilines is 1. The number of halogens is 1. The molecule has 0 spiro atoms. The number of nitrogens with one attached hydrogen (secondary N) is 1. The highest BCUT2D eigenvalue weighted by atomic mass is 35.5. The first-order valence-corrected chi connectivity index (χ1v) is 10.5. The third kappa shape index (κ3) is 5.60. The molecule has 1 amide bonds. The van der Waals surface area contributed by atoms with E-state index in [2.05, 4.69) is 15.5 Å². The van der Waals surface area contributed by atoms with Crippen molar-refractivity contribution in [3.05, 3.63) is 58.6 Å². The molecule has 9 heteroatoms. The Labute approximate surface area is 176 Å². The van der Waals surface area contributed by atoms with Crippen molar-refractivity contribution in [1.29, 1.82) is 0 Å². The minimum atomic E-state index is -0.169. The first-order chi connectivity index (χ1) is 13.6. The van der Waals surface area contributed by atoms with Crippen LogP contribution in [0.1, 0.15) is 11.1 Å². The number of hydrogen-bond donors (Lipinski definition) is 1. The zero-order valence-corrected chi connectivity index (χ0v) is 17.7. The maximum absolute atomic E-state index is 12.3. The number of carbonyl (C=O) groups excluding carboxylic acids is 1. The number of hydrogen-bond acceptors (Lipinski definition) is 7. The van der Waals surface area contributed by atoms with Gasteiger partial charge in [0.2, 0.25) is 11.0 Å². The predicted octanol–water partition coefficient (Wildman–Crippen LogP) is 4.68. The minimum Gasteiger partial charge on any atom is -0.493 e. The molecule has 0 aliphatic rings. The van der Waals surface area contributed by atoms with Crippen molar-refractivity contribution in [2.75, 3.05) is 19.5 Å². The van der Waals surface area contributed by atoms with Crippen LogP contribution in [0.25, 0.3) is 0 Å². The quantitative estimate of drug-likeness (QED) is 0.409. The van der Waals surface area contributed by atoms with Crippen LogP contribution < -0.4 is 14.8 Å². The van der Waals surface area contributed by atoms with Gasteiger partial charge in [0.25, 0.3) is 0 Å². The zero-order chi connectivity index (χ0) is 19.9. The summed E-state index contributed by atoms with van der Waals surface area (Å²) in [6, 6.07) is 13.1. The van der Waals surface area contributed by atoms with Crippen LogP contribution in [0.4, 0.5) is 5.13 Å². The van der Waals surface area contributed by atoms with E-state index in [0.717, 1.165) is 21.2 Å². The number of thioether (sulfide) groups is 1. The second-order valence-electron chi connectivity index (χ2n) is 5.70. The second-order valence-corrected chi connectivity index (χ2v) is 8.34. The first kappa shape index (κ1) is 20.4. The molecule has 0 atom stereocenters. The van der Waals surface area contributed by atoms with Crippen molar-refractivity contribution in [2.24, 2.45) is 0 Å². The zero-order valence-electron chi connectivity index (χ0n) is 15.3.